The number of benzene rings is 2. The van der Waals surface area contributed by atoms with E-state index in [1.165, 1.54) is 6.92 Å². The van der Waals surface area contributed by atoms with Crippen LogP contribution in [0.5, 0.6) is 0 Å². The van der Waals surface area contributed by atoms with Crippen molar-refractivity contribution < 1.29 is 14.4 Å². The number of nitrogens with zero attached hydrogens (tertiary/aromatic N) is 1. The molecule has 3 amide bonds. The van der Waals surface area contributed by atoms with Gasteiger partial charge in [-0.25, -0.2) is 0 Å². The fourth-order valence-electron chi connectivity index (χ4n) is 3.25. The molecule has 3 rings (SSSR count). The number of nitrogens with one attached hydrogen (secondary N) is 2. The van der Waals surface area contributed by atoms with Gasteiger partial charge < -0.3 is 15.5 Å². The van der Waals surface area contributed by atoms with Crippen molar-refractivity contribution in [2.75, 3.05) is 18.4 Å². The zero-order valence-corrected chi connectivity index (χ0v) is 17.4. The number of hydrogen-bond acceptors (Lipinski definition) is 3. The van der Waals surface area contributed by atoms with E-state index in [2.05, 4.69) is 10.6 Å². The molecule has 0 aromatic heterocycles. The van der Waals surface area contributed by atoms with E-state index in [0.29, 0.717) is 52.8 Å². The molecule has 0 bridgehead atoms. The molecule has 0 saturated carbocycles. The third kappa shape index (κ3) is 5.49. The Hall–Kier alpha value is -2.57. The Morgan fingerprint density at radius 1 is 0.966 bits per heavy atom. The molecule has 1 aliphatic heterocycles. The van der Waals surface area contributed by atoms with E-state index in [0.717, 1.165) is 0 Å². The lowest BCUT2D eigenvalue weighted by Gasteiger charge is -2.32. The Bertz CT molecular complexity index is 941. The Kier molecular flexibility index (Phi) is 6.77. The minimum Gasteiger partial charge on any atom is -0.349 e. The Morgan fingerprint density at radius 2 is 1.69 bits per heavy atom. The number of carbonyl (C=O) groups is 3. The number of rotatable bonds is 4. The van der Waals surface area contributed by atoms with Gasteiger partial charge in [0.2, 0.25) is 5.91 Å². The molecule has 2 aromatic rings. The summed E-state index contributed by atoms with van der Waals surface area (Å²) in [7, 11) is 0. The predicted octanol–water partition coefficient (Wildman–Crippen LogP) is 3.99. The number of carbonyl (C=O) groups excluding carboxylic acids is 3. The topological polar surface area (TPSA) is 78.5 Å². The molecule has 0 unspecified atom stereocenters. The van der Waals surface area contributed by atoms with Gasteiger partial charge in [0.1, 0.15) is 0 Å². The van der Waals surface area contributed by atoms with E-state index in [-0.39, 0.29) is 23.8 Å². The van der Waals surface area contributed by atoms with Crippen molar-refractivity contribution in [2.45, 2.75) is 25.8 Å². The van der Waals surface area contributed by atoms with Gasteiger partial charge in [-0.2, -0.15) is 0 Å². The SMILES string of the molecule is CC(=O)Nc1cccc(C(=O)NC2CCN(C(=O)c3ccc(Cl)c(Cl)c3)CC2)c1. The van der Waals surface area contributed by atoms with Crippen LogP contribution in [0.4, 0.5) is 5.69 Å². The summed E-state index contributed by atoms with van der Waals surface area (Å²) in [5.74, 6) is -0.496. The van der Waals surface area contributed by atoms with Crippen molar-refractivity contribution in [3.8, 4) is 0 Å². The molecule has 0 spiro atoms. The smallest absolute Gasteiger partial charge is 0.253 e. The molecular formula is C21H21Cl2N3O3. The van der Waals surface area contributed by atoms with Crippen LogP contribution < -0.4 is 10.6 Å². The molecule has 8 heteroatoms. The lowest BCUT2D eigenvalue weighted by atomic mass is 10.0. The summed E-state index contributed by atoms with van der Waals surface area (Å²) >= 11 is 11.9. The summed E-state index contributed by atoms with van der Waals surface area (Å²) in [4.78, 5) is 38.1. The number of likely N-dealkylation sites (tertiary alicyclic amines) is 1. The molecule has 1 saturated heterocycles. The molecule has 1 fully saturated rings. The zero-order chi connectivity index (χ0) is 21.0. The van der Waals surface area contributed by atoms with Gasteiger partial charge in [-0.05, 0) is 49.2 Å². The molecule has 1 heterocycles. The number of amides is 3. The molecule has 1 aliphatic rings. The molecule has 0 aliphatic carbocycles. The van der Waals surface area contributed by atoms with Crippen LogP contribution in [0.25, 0.3) is 0 Å². The molecular weight excluding hydrogens is 413 g/mol. The maximum Gasteiger partial charge on any atom is 0.253 e. The predicted molar refractivity (Wildman–Crippen MR) is 114 cm³/mol. The maximum absolute atomic E-state index is 12.6. The fourth-order valence-corrected chi connectivity index (χ4v) is 3.55. The summed E-state index contributed by atoms with van der Waals surface area (Å²) in [6.45, 7) is 2.49. The second-order valence-electron chi connectivity index (χ2n) is 6.93. The number of piperidine rings is 1. The largest absolute Gasteiger partial charge is 0.349 e. The van der Waals surface area contributed by atoms with E-state index in [9.17, 15) is 14.4 Å². The first-order valence-electron chi connectivity index (χ1n) is 9.26. The van der Waals surface area contributed by atoms with Crippen molar-refractivity contribution in [3.05, 3.63) is 63.6 Å². The third-order valence-corrected chi connectivity index (χ3v) is 5.47. The average molecular weight is 434 g/mol. The first-order valence-corrected chi connectivity index (χ1v) is 10.0. The minimum absolute atomic E-state index is 0.0234. The summed E-state index contributed by atoms with van der Waals surface area (Å²) in [5.41, 5.74) is 1.55. The lowest BCUT2D eigenvalue weighted by Crippen LogP contribution is -2.46. The number of anilines is 1. The van der Waals surface area contributed by atoms with Gasteiger partial charge in [0, 0.05) is 42.9 Å². The third-order valence-electron chi connectivity index (χ3n) is 4.73. The van der Waals surface area contributed by atoms with Crippen LogP contribution in [0.3, 0.4) is 0 Å². The lowest BCUT2D eigenvalue weighted by molar-refractivity contribution is -0.114. The highest BCUT2D eigenvalue weighted by Crippen LogP contribution is 2.24. The Morgan fingerprint density at radius 3 is 2.34 bits per heavy atom. The highest BCUT2D eigenvalue weighted by Gasteiger charge is 2.25. The summed E-state index contributed by atoms with van der Waals surface area (Å²) in [6.07, 6.45) is 1.31. The van der Waals surface area contributed by atoms with Crippen LogP contribution in [-0.2, 0) is 4.79 Å². The van der Waals surface area contributed by atoms with Gasteiger partial charge >= 0.3 is 0 Å². The normalized spacial score (nSPS) is 14.4. The van der Waals surface area contributed by atoms with Gasteiger partial charge in [-0.1, -0.05) is 29.3 Å². The van der Waals surface area contributed by atoms with Crippen molar-refractivity contribution in [1.82, 2.24) is 10.2 Å². The summed E-state index contributed by atoms with van der Waals surface area (Å²) in [5, 5.41) is 6.43. The highest BCUT2D eigenvalue weighted by atomic mass is 35.5. The minimum atomic E-state index is -0.202. The molecule has 29 heavy (non-hydrogen) atoms. The van der Waals surface area contributed by atoms with E-state index in [4.69, 9.17) is 23.2 Å². The first-order chi connectivity index (χ1) is 13.8. The summed E-state index contributed by atoms with van der Waals surface area (Å²) in [6, 6.07) is 11.6. The van der Waals surface area contributed by atoms with Crippen LogP contribution in [0.1, 0.15) is 40.5 Å². The Labute approximate surface area is 179 Å². The summed E-state index contributed by atoms with van der Waals surface area (Å²) < 4.78 is 0. The van der Waals surface area contributed by atoms with E-state index < -0.39 is 0 Å². The highest BCUT2D eigenvalue weighted by molar-refractivity contribution is 6.42. The molecule has 152 valence electrons. The monoisotopic (exact) mass is 433 g/mol. The van der Waals surface area contributed by atoms with Gasteiger partial charge in [0.05, 0.1) is 10.0 Å². The quantitative estimate of drug-likeness (QED) is 0.764. The van der Waals surface area contributed by atoms with E-state index in [1.807, 2.05) is 0 Å². The standard InChI is InChI=1S/C21H21Cl2N3O3/c1-13(27)24-17-4-2-3-14(11-17)20(28)25-16-7-9-26(10-8-16)21(29)15-5-6-18(22)19(23)12-15/h2-6,11-12,16H,7-10H2,1H3,(H,24,27)(H,25,28). The molecule has 2 N–H and O–H groups in total. The maximum atomic E-state index is 12.6. The van der Waals surface area contributed by atoms with Gasteiger partial charge in [-0.3, -0.25) is 14.4 Å². The van der Waals surface area contributed by atoms with Gasteiger partial charge in [0.15, 0.2) is 0 Å². The van der Waals surface area contributed by atoms with Crippen molar-refractivity contribution in [1.29, 1.82) is 0 Å². The van der Waals surface area contributed by atoms with Crippen LogP contribution in [0, 0.1) is 0 Å². The van der Waals surface area contributed by atoms with Crippen LogP contribution in [0.2, 0.25) is 10.0 Å². The first kappa shape index (κ1) is 21.1. The van der Waals surface area contributed by atoms with Crippen LogP contribution >= 0.6 is 23.2 Å². The van der Waals surface area contributed by atoms with Crippen LogP contribution in [-0.4, -0.2) is 41.8 Å². The molecule has 0 atom stereocenters. The van der Waals surface area contributed by atoms with E-state index in [1.54, 1.807) is 47.4 Å². The second-order valence-corrected chi connectivity index (χ2v) is 7.75. The second kappa shape index (κ2) is 9.29. The van der Waals surface area contributed by atoms with E-state index >= 15 is 0 Å². The molecule has 6 nitrogen and oxygen atoms in total. The Balaban J connectivity index is 1.55. The zero-order valence-electron chi connectivity index (χ0n) is 15.9. The average Bonchev–Trinajstić information content (AvgIpc) is 2.70. The van der Waals surface area contributed by atoms with Gasteiger partial charge in [0.25, 0.3) is 11.8 Å². The van der Waals surface area contributed by atoms with Crippen molar-refractivity contribution >= 4 is 46.6 Å². The van der Waals surface area contributed by atoms with Crippen molar-refractivity contribution in [3.63, 3.8) is 0 Å². The van der Waals surface area contributed by atoms with Gasteiger partial charge in [-0.15, -0.1) is 0 Å². The molecule has 2 aromatic carbocycles. The molecule has 0 radical (unpaired) electrons. The van der Waals surface area contributed by atoms with Crippen molar-refractivity contribution in [2.24, 2.45) is 0 Å². The fraction of sp³-hybridized carbons (Fsp3) is 0.286. The number of halogens is 2. The van der Waals surface area contributed by atoms with Crippen LogP contribution in [0.15, 0.2) is 42.5 Å². The number of hydrogen-bond donors (Lipinski definition) is 2.